The first-order valence-electron chi connectivity index (χ1n) is 9.93. The third-order valence-corrected chi connectivity index (χ3v) is 5.35. The van der Waals surface area contributed by atoms with Crippen molar-refractivity contribution in [1.29, 1.82) is 0 Å². The van der Waals surface area contributed by atoms with Gasteiger partial charge in [-0.15, -0.1) is 0 Å². The Morgan fingerprint density at radius 2 is 1.94 bits per heavy atom. The van der Waals surface area contributed by atoms with Crippen LogP contribution in [0.15, 0.2) is 42.5 Å². The maximum atomic E-state index is 13.5. The molecule has 0 aliphatic carbocycles. The van der Waals surface area contributed by atoms with Crippen molar-refractivity contribution >= 4 is 28.9 Å². The van der Waals surface area contributed by atoms with E-state index in [1.807, 2.05) is 24.3 Å². The molecule has 4 rings (SSSR count). The van der Waals surface area contributed by atoms with Gasteiger partial charge in [0.15, 0.2) is 17.4 Å². The van der Waals surface area contributed by atoms with Crippen molar-refractivity contribution in [3.8, 4) is 11.5 Å². The Labute approximate surface area is 178 Å². The van der Waals surface area contributed by atoms with Crippen molar-refractivity contribution in [2.45, 2.75) is 13.0 Å². The number of imidazole rings is 1. The second-order valence-electron chi connectivity index (χ2n) is 7.18. The number of amides is 1. The molecule has 0 fully saturated rings. The molecule has 162 valence electrons. The highest BCUT2D eigenvalue weighted by Crippen LogP contribution is 2.42. The predicted molar refractivity (Wildman–Crippen MR) is 112 cm³/mol. The number of hydrogen-bond acceptors (Lipinski definition) is 7. The van der Waals surface area contributed by atoms with Gasteiger partial charge in [-0.3, -0.25) is 14.5 Å². The smallest absolute Gasteiger partial charge is 0.321 e. The van der Waals surface area contributed by atoms with E-state index in [9.17, 15) is 19.8 Å². The Bertz CT molecular complexity index is 1140. The van der Waals surface area contributed by atoms with Crippen LogP contribution in [0.3, 0.4) is 0 Å². The number of benzene rings is 2. The number of rotatable bonds is 6. The van der Waals surface area contributed by atoms with Crippen molar-refractivity contribution in [3.63, 3.8) is 0 Å². The van der Waals surface area contributed by atoms with E-state index in [1.54, 1.807) is 17.6 Å². The lowest BCUT2D eigenvalue weighted by Crippen LogP contribution is -2.51. The molecule has 0 saturated carbocycles. The average molecular weight is 425 g/mol. The van der Waals surface area contributed by atoms with Gasteiger partial charge in [0.1, 0.15) is 0 Å². The summed E-state index contributed by atoms with van der Waals surface area (Å²) in [4.78, 5) is 32.6. The number of carbonyl (C=O) groups excluding carboxylic acids is 2. The maximum absolute atomic E-state index is 13.5. The molecule has 1 aliphatic heterocycles. The van der Waals surface area contributed by atoms with Gasteiger partial charge >= 0.3 is 5.97 Å². The number of methoxy groups -OCH3 is 1. The van der Waals surface area contributed by atoms with E-state index in [4.69, 9.17) is 9.47 Å². The largest absolute Gasteiger partial charge is 0.504 e. The Kier molecular flexibility index (Phi) is 5.51. The Balaban J connectivity index is 1.99. The molecule has 31 heavy (non-hydrogen) atoms. The van der Waals surface area contributed by atoms with Crippen molar-refractivity contribution in [2.75, 3.05) is 31.8 Å². The molecule has 9 nitrogen and oxygen atoms in total. The zero-order chi connectivity index (χ0) is 22.1. The molecule has 1 aromatic heterocycles. The van der Waals surface area contributed by atoms with Gasteiger partial charge in [0.25, 0.3) is 0 Å². The highest BCUT2D eigenvalue weighted by Gasteiger charge is 2.47. The maximum Gasteiger partial charge on any atom is 0.321 e. The van der Waals surface area contributed by atoms with Crippen LogP contribution in [0.1, 0.15) is 18.5 Å². The van der Waals surface area contributed by atoms with Gasteiger partial charge in [0, 0.05) is 7.11 Å². The molecule has 9 heteroatoms. The SMILES string of the molecule is CCOC(=O)[C@H]1C(=O)N(CCOC)c2nc3ccccc3n2[C@@H]1c1ccc(O)c(O)c1. The monoisotopic (exact) mass is 425 g/mol. The van der Waals surface area contributed by atoms with Crippen molar-refractivity contribution < 1.29 is 29.3 Å². The minimum absolute atomic E-state index is 0.117. The zero-order valence-corrected chi connectivity index (χ0v) is 17.2. The number of para-hydroxylation sites is 2. The van der Waals surface area contributed by atoms with E-state index in [1.165, 1.54) is 24.1 Å². The molecule has 0 radical (unpaired) electrons. The molecule has 0 saturated heterocycles. The summed E-state index contributed by atoms with van der Waals surface area (Å²) in [6, 6.07) is 10.8. The van der Waals surface area contributed by atoms with Crippen molar-refractivity contribution in [3.05, 3.63) is 48.0 Å². The number of ether oxygens (including phenoxy) is 2. The van der Waals surface area contributed by atoms with Crippen molar-refractivity contribution in [1.82, 2.24) is 9.55 Å². The number of nitrogens with zero attached hydrogens (tertiary/aromatic N) is 3. The number of aromatic nitrogens is 2. The summed E-state index contributed by atoms with van der Waals surface area (Å²) in [6.45, 7) is 2.26. The highest BCUT2D eigenvalue weighted by atomic mass is 16.5. The molecule has 3 aromatic rings. The predicted octanol–water partition coefficient (Wildman–Crippen LogP) is 2.21. The molecule has 2 aromatic carbocycles. The fraction of sp³-hybridized carbons (Fsp3) is 0.318. The second-order valence-corrected chi connectivity index (χ2v) is 7.18. The van der Waals surface area contributed by atoms with Gasteiger partial charge in [0.2, 0.25) is 11.9 Å². The third kappa shape index (κ3) is 3.46. The van der Waals surface area contributed by atoms with Crippen LogP contribution < -0.4 is 4.90 Å². The second kappa shape index (κ2) is 8.27. The van der Waals surface area contributed by atoms with Crippen LogP contribution in [0.5, 0.6) is 11.5 Å². The van der Waals surface area contributed by atoms with Gasteiger partial charge in [-0.25, -0.2) is 4.98 Å². The van der Waals surface area contributed by atoms with Crippen LogP contribution >= 0.6 is 0 Å². The molecule has 1 aliphatic rings. The number of carbonyl (C=O) groups is 2. The van der Waals surface area contributed by atoms with E-state index < -0.39 is 23.8 Å². The summed E-state index contributed by atoms with van der Waals surface area (Å²) in [6.07, 6.45) is 0. The molecular weight excluding hydrogens is 402 g/mol. The van der Waals surface area contributed by atoms with E-state index >= 15 is 0 Å². The van der Waals surface area contributed by atoms with E-state index in [0.717, 1.165) is 5.52 Å². The Hall–Kier alpha value is -3.59. The minimum Gasteiger partial charge on any atom is -0.504 e. The summed E-state index contributed by atoms with van der Waals surface area (Å²) in [7, 11) is 1.53. The van der Waals surface area contributed by atoms with E-state index in [-0.39, 0.29) is 31.3 Å². The number of fused-ring (bicyclic) bond motifs is 3. The standard InChI is InChI=1S/C22H23N3O6/c1-3-31-21(29)18-19(13-8-9-16(26)17(27)12-13)25-15-7-5-4-6-14(15)23-22(25)24(20(18)28)10-11-30-2/h4-9,12,18-19,26-27H,3,10-11H2,1-2H3/t18-,19-/m1/s1. The number of esters is 1. The number of hydrogen-bond donors (Lipinski definition) is 2. The van der Waals surface area contributed by atoms with Crippen LogP contribution in [0.2, 0.25) is 0 Å². The molecular formula is C22H23N3O6. The topological polar surface area (TPSA) is 114 Å². The molecule has 1 amide bonds. The molecule has 0 unspecified atom stereocenters. The third-order valence-electron chi connectivity index (χ3n) is 5.35. The van der Waals surface area contributed by atoms with Crippen LogP contribution in [0.4, 0.5) is 5.95 Å². The van der Waals surface area contributed by atoms with Gasteiger partial charge in [-0.05, 0) is 36.8 Å². The Morgan fingerprint density at radius 3 is 2.65 bits per heavy atom. The van der Waals surface area contributed by atoms with Gasteiger partial charge in [-0.1, -0.05) is 18.2 Å². The first-order valence-corrected chi connectivity index (χ1v) is 9.93. The summed E-state index contributed by atoms with van der Waals surface area (Å²) in [5.74, 6) is -2.60. The zero-order valence-electron chi connectivity index (χ0n) is 17.2. The molecule has 2 heterocycles. The molecule has 0 spiro atoms. The normalized spacial score (nSPS) is 18.3. The lowest BCUT2D eigenvalue weighted by molar-refractivity contribution is -0.153. The number of phenolic OH excluding ortho intramolecular Hbond substituents is 2. The molecule has 0 bridgehead atoms. The molecule has 2 N–H and O–H groups in total. The van der Waals surface area contributed by atoms with E-state index in [2.05, 4.69) is 4.98 Å². The summed E-state index contributed by atoms with van der Waals surface area (Å²) in [5, 5.41) is 19.9. The van der Waals surface area contributed by atoms with Crippen molar-refractivity contribution in [2.24, 2.45) is 5.92 Å². The average Bonchev–Trinajstić information content (AvgIpc) is 3.13. The Morgan fingerprint density at radius 1 is 1.16 bits per heavy atom. The number of phenols is 2. The first-order chi connectivity index (χ1) is 15.0. The van der Waals surface area contributed by atoms with Crippen LogP contribution in [0.25, 0.3) is 11.0 Å². The fourth-order valence-electron chi connectivity index (χ4n) is 3.97. The number of anilines is 1. The van der Waals surface area contributed by atoms with Gasteiger partial charge in [0.05, 0.1) is 36.8 Å². The molecule has 2 atom stereocenters. The first kappa shape index (κ1) is 20.7. The highest BCUT2D eigenvalue weighted by molar-refractivity contribution is 6.08. The van der Waals surface area contributed by atoms with Crippen LogP contribution in [-0.2, 0) is 19.1 Å². The summed E-state index contributed by atoms with van der Waals surface area (Å²) in [5.41, 5.74) is 1.85. The van der Waals surface area contributed by atoms with Crippen LogP contribution in [0, 0.1) is 5.92 Å². The van der Waals surface area contributed by atoms with Gasteiger partial charge in [-0.2, -0.15) is 0 Å². The van der Waals surface area contributed by atoms with Gasteiger partial charge < -0.3 is 24.3 Å². The van der Waals surface area contributed by atoms with Crippen LogP contribution in [-0.4, -0.2) is 58.5 Å². The minimum atomic E-state index is -1.20. The fourth-order valence-corrected chi connectivity index (χ4v) is 3.97. The summed E-state index contributed by atoms with van der Waals surface area (Å²) < 4.78 is 12.2. The lowest BCUT2D eigenvalue weighted by atomic mass is 9.89. The quantitative estimate of drug-likeness (QED) is 0.354. The number of aromatic hydroxyl groups is 2. The summed E-state index contributed by atoms with van der Waals surface area (Å²) >= 11 is 0. The lowest BCUT2D eigenvalue weighted by Gasteiger charge is -2.37. The van der Waals surface area contributed by atoms with E-state index in [0.29, 0.717) is 17.0 Å².